The number of aromatic carboxylic acids is 1. The average molecular weight is 310 g/mol. The topological polar surface area (TPSA) is 79.3 Å². The highest BCUT2D eigenvalue weighted by Crippen LogP contribution is 2.21. The van der Waals surface area contributed by atoms with E-state index >= 15 is 0 Å². The zero-order chi connectivity index (χ0) is 14.7. The van der Waals surface area contributed by atoms with Crippen LogP contribution < -0.4 is 5.32 Å². The Bertz CT molecular complexity index is 633. The molecule has 0 aliphatic heterocycles. The van der Waals surface area contributed by atoms with Crippen LogP contribution in [0.4, 0.5) is 0 Å². The first-order chi connectivity index (χ1) is 9.51. The molecule has 0 saturated heterocycles. The fraction of sp³-hybridized carbons (Fsp3) is 0.308. The smallest absolute Gasteiger partial charge is 0.355 e. The highest BCUT2D eigenvalue weighted by atomic mass is 32.1. The summed E-state index contributed by atoms with van der Waals surface area (Å²) in [4.78, 5) is 28.6. The Morgan fingerprint density at radius 1 is 1.45 bits per heavy atom. The minimum Gasteiger partial charge on any atom is -0.476 e. The second-order valence-corrected chi connectivity index (χ2v) is 6.25. The first-order valence-electron chi connectivity index (χ1n) is 6.09. The molecule has 0 aliphatic carbocycles. The molecule has 1 atom stereocenters. The van der Waals surface area contributed by atoms with Crippen LogP contribution in [-0.2, 0) is 6.42 Å². The molecule has 0 aromatic carbocycles. The van der Waals surface area contributed by atoms with Crippen LogP contribution in [0, 0.1) is 0 Å². The number of nitrogens with one attached hydrogen (secondary N) is 1. The predicted molar refractivity (Wildman–Crippen MR) is 78.7 cm³/mol. The van der Waals surface area contributed by atoms with E-state index in [9.17, 15) is 9.59 Å². The summed E-state index contributed by atoms with van der Waals surface area (Å²) in [6.45, 7) is 3.83. The van der Waals surface area contributed by atoms with Gasteiger partial charge >= 0.3 is 5.97 Å². The molecule has 0 bridgehead atoms. The lowest BCUT2D eigenvalue weighted by atomic mass is 10.3. The van der Waals surface area contributed by atoms with Gasteiger partial charge in [0.05, 0.1) is 10.9 Å². The van der Waals surface area contributed by atoms with Gasteiger partial charge in [0, 0.05) is 10.3 Å². The number of hydrogen-bond acceptors (Lipinski definition) is 5. The Balaban J connectivity index is 2.04. The summed E-state index contributed by atoms with van der Waals surface area (Å²) in [5.74, 6) is -1.22. The zero-order valence-electron chi connectivity index (χ0n) is 11.0. The van der Waals surface area contributed by atoms with E-state index in [2.05, 4.69) is 10.3 Å². The van der Waals surface area contributed by atoms with E-state index in [0.29, 0.717) is 9.88 Å². The minimum atomic E-state index is -1.06. The van der Waals surface area contributed by atoms with Gasteiger partial charge in [0.2, 0.25) is 0 Å². The SMILES string of the molecule is CCc1ccc(C(=O)NC(C)c2nc(C(=O)O)cs2)s1. The summed E-state index contributed by atoms with van der Waals surface area (Å²) in [7, 11) is 0. The van der Waals surface area contributed by atoms with E-state index in [1.165, 1.54) is 28.1 Å². The lowest BCUT2D eigenvalue weighted by molar-refractivity contribution is 0.0691. The van der Waals surface area contributed by atoms with Gasteiger partial charge in [0.1, 0.15) is 5.01 Å². The molecule has 0 radical (unpaired) electrons. The molecule has 0 spiro atoms. The van der Waals surface area contributed by atoms with Gasteiger partial charge in [0.15, 0.2) is 5.69 Å². The molecule has 1 amide bonds. The van der Waals surface area contributed by atoms with Crippen LogP contribution in [0.15, 0.2) is 17.5 Å². The summed E-state index contributed by atoms with van der Waals surface area (Å²) < 4.78 is 0. The van der Waals surface area contributed by atoms with Gasteiger partial charge in [0.25, 0.3) is 5.91 Å². The molecule has 1 unspecified atom stereocenters. The van der Waals surface area contributed by atoms with Gasteiger partial charge < -0.3 is 10.4 Å². The Morgan fingerprint density at radius 2 is 2.20 bits per heavy atom. The number of carboxylic acids is 1. The van der Waals surface area contributed by atoms with E-state index in [1.54, 1.807) is 13.0 Å². The van der Waals surface area contributed by atoms with Crippen molar-refractivity contribution in [2.24, 2.45) is 0 Å². The number of nitrogens with zero attached hydrogens (tertiary/aromatic N) is 1. The first-order valence-corrected chi connectivity index (χ1v) is 7.79. The lowest BCUT2D eigenvalue weighted by Gasteiger charge is -2.09. The molecular formula is C13H14N2O3S2. The number of hydrogen-bond donors (Lipinski definition) is 2. The monoisotopic (exact) mass is 310 g/mol. The molecule has 20 heavy (non-hydrogen) atoms. The first kappa shape index (κ1) is 14.7. The maximum Gasteiger partial charge on any atom is 0.355 e. The third-order valence-corrected chi connectivity index (χ3v) is 4.95. The predicted octanol–water partition coefficient (Wildman–Crippen LogP) is 2.96. The van der Waals surface area contributed by atoms with E-state index in [-0.39, 0.29) is 17.6 Å². The molecule has 2 rings (SSSR count). The maximum absolute atomic E-state index is 12.1. The molecule has 106 valence electrons. The number of carbonyl (C=O) groups is 2. The van der Waals surface area contributed by atoms with Gasteiger partial charge in [-0.1, -0.05) is 6.92 Å². The highest BCUT2D eigenvalue weighted by Gasteiger charge is 2.17. The number of thiophene rings is 1. The van der Waals surface area contributed by atoms with E-state index in [4.69, 9.17) is 5.11 Å². The fourth-order valence-corrected chi connectivity index (χ4v) is 3.25. The van der Waals surface area contributed by atoms with Crippen LogP contribution in [0.1, 0.15) is 49.9 Å². The number of carbonyl (C=O) groups excluding carboxylic acids is 1. The molecule has 5 nitrogen and oxygen atoms in total. The molecule has 2 aromatic heterocycles. The van der Waals surface area contributed by atoms with Gasteiger partial charge in [-0.15, -0.1) is 22.7 Å². The van der Waals surface area contributed by atoms with Crippen molar-refractivity contribution in [1.82, 2.24) is 10.3 Å². The number of aryl methyl sites for hydroxylation is 1. The van der Waals surface area contributed by atoms with E-state index in [0.717, 1.165) is 11.3 Å². The molecule has 2 aromatic rings. The molecular weight excluding hydrogens is 296 g/mol. The van der Waals surface area contributed by atoms with Crippen LogP contribution in [0.3, 0.4) is 0 Å². The van der Waals surface area contributed by atoms with E-state index in [1.807, 2.05) is 13.0 Å². The van der Waals surface area contributed by atoms with Crippen LogP contribution in [0.5, 0.6) is 0 Å². The van der Waals surface area contributed by atoms with Crippen LogP contribution in [0.2, 0.25) is 0 Å². The van der Waals surface area contributed by atoms with Crippen molar-refractivity contribution in [3.63, 3.8) is 0 Å². The number of amides is 1. The molecule has 7 heteroatoms. The molecule has 0 aliphatic rings. The van der Waals surface area contributed by atoms with Crippen LogP contribution in [-0.4, -0.2) is 22.0 Å². The largest absolute Gasteiger partial charge is 0.476 e. The normalized spacial score (nSPS) is 12.1. The van der Waals surface area contributed by atoms with Crippen molar-refractivity contribution in [1.29, 1.82) is 0 Å². The third kappa shape index (κ3) is 3.23. The minimum absolute atomic E-state index is 0.00971. The van der Waals surface area contributed by atoms with Crippen molar-refractivity contribution in [2.45, 2.75) is 26.3 Å². The Morgan fingerprint density at radius 3 is 2.75 bits per heavy atom. The van der Waals surface area contributed by atoms with Crippen molar-refractivity contribution in [3.05, 3.63) is 38.0 Å². The summed E-state index contributed by atoms with van der Waals surface area (Å²) in [6.07, 6.45) is 0.905. The van der Waals surface area contributed by atoms with Gasteiger partial charge in [-0.3, -0.25) is 4.79 Å². The quantitative estimate of drug-likeness (QED) is 0.890. The lowest BCUT2D eigenvalue weighted by Crippen LogP contribution is -2.25. The highest BCUT2D eigenvalue weighted by molar-refractivity contribution is 7.14. The summed E-state index contributed by atoms with van der Waals surface area (Å²) in [5, 5.41) is 13.7. The molecule has 2 heterocycles. The maximum atomic E-state index is 12.1. The number of carboxylic acid groups (broad SMARTS) is 1. The Labute approximate surface area is 124 Å². The van der Waals surface area contributed by atoms with Gasteiger partial charge in [-0.25, -0.2) is 9.78 Å². The molecule has 0 saturated carbocycles. The van der Waals surface area contributed by atoms with E-state index < -0.39 is 5.97 Å². The number of rotatable bonds is 5. The van der Waals surface area contributed by atoms with Crippen molar-refractivity contribution < 1.29 is 14.7 Å². The standard InChI is InChI=1S/C13H14N2O3S2/c1-3-8-4-5-10(20-8)11(16)14-7(2)12-15-9(6-19-12)13(17)18/h4-7H,3H2,1-2H3,(H,14,16)(H,17,18). The zero-order valence-corrected chi connectivity index (χ0v) is 12.7. The van der Waals surface area contributed by atoms with Crippen molar-refractivity contribution >= 4 is 34.6 Å². The third-order valence-electron chi connectivity index (χ3n) is 2.69. The van der Waals surface area contributed by atoms with Crippen molar-refractivity contribution in [2.75, 3.05) is 0 Å². The molecule has 2 N–H and O–H groups in total. The van der Waals surface area contributed by atoms with Crippen molar-refractivity contribution in [3.8, 4) is 0 Å². The number of aromatic nitrogens is 1. The Hall–Kier alpha value is -1.73. The van der Waals surface area contributed by atoms with Crippen LogP contribution >= 0.6 is 22.7 Å². The summed E-state index contributed by atoms with van der Waals surface area (Å²) in [5.41, 5.74) is 0.00971. The Kier molecular flexibility index (Phi) is 4.51. The summed E-state index contributed by atoms with van der Waals surface area (Å²) >= 11 is 2.69. The second-order valence-electron chi connectivity index (χ2n) is 4.19. The second kappa shape index (κ2) is 6.15. The average Bonchev–Trinajstić information content (AvgIpc) is 3.07. The van der Waals surface area contributed by atoms with Gasteiger partial charge in [-0.2, -0.15) is 0 Å². The van der Waals surface area contributed by atoms with Crippen LogP contribution in [0.25, 0.3) is 0 Å². The fourth-order valence-electron chi connectivity index (χ4n) is 1.60. The number of thiazole rings is 1. The van der Waals surface area contributed by atoms with Gasteiger partial charge in [-0.05, 0) is 25.5 Å². The summed E-state index contributed by atoms with van der Waals surface area (Å²) in [6, 6.07) is 3.43. The molecule has 0 fully saturated rings.